The summed E-state index contributed by atoms with van der Waals surface area (Å²) in [6.45, 7) is 2.88. The Balaban J connectivity index is 1.54. The predicted molar refractivity (Wildman–Crippen MR) is 109 cm³/mol. The van der Waals surface area contributed by atoms with Gasteiger partial charge in [0.1, 0.15) is 17.4 Å². The SMILES string of the molecule is Cc1cc(-c2cnc(NCc3c(F)ccc4c3CCO4)c3cccnc23)n(C)n1. The van der Waals surface area contributed by atoms with Crippen LogP contribution in [-0.4, -0.2) is 26.4 Å². The summed E-state index contributed by atoms with van der Waals surface area (Å²) in [5.41, 5.74) is 5.19. The first-order chi connectivity index (χ1) is 14.1. The highest BCUT2D eigenvalue weighted by Crippen LogP contribution is 2.33. The van der Waals surface area contributed by atoms with Crippen molar-refractivity contribution >= 4 is 16.7 Å². The lowest BCUT2D eigenvalue weighted by molar-refractivity contribution is 0.356. The Bertz CT molecular complexity index is 1230. The zero-order valence-corrected chi connectivity index (χ0v) is 16.2. The smallest absolute Gasteiger partial charge is 0.135 e. The molecule has 0 amide bonds. The fourth-order valence-electron chi connectivity index (χ4n) is 3.94. The number of hydrogen-bond acceptors (Lipinski definition) is 5. The van der Waals surface area contributed by atoms with Gasteiger partial charge in [-0.25, -0.2) is 9.37 Å². The number of nitrogens with zero attached hydrogens (tertiary/aromatic N) is 4. The first-order valence-electron chi connectivity index (χ1n) is 9.53. The van der Waals surface area contributed by atoms with Gasteiger partial charge in [0.25, 0.3) is 0 Å². The van der Waals surface area contributed by atoms with Crippen LogP contribution in [0.25, 0.3) is 22.2 Å². The van der Waals surface area contributed by atoms with Crippen molar-refractivity contribution in [3.8, 4) is 17.0 Å². The molecule has 146 valence electrons. The number of ether oxygens (including phenoxy) is 1. The van der Waals surface area contributed by atoms with Gasteiger partial charge in [-0.05, 0) is 37.3 Å². The van der Waals surface area contributed by atoms with Gasteiger partial charge in [0.15, 0.2) is 0 Å². The van der Waals surface area contributed by atoms with E-state index < -0.39 is 0 Å². The summed E-state index contributed by atoms with van der Waals surface area (Å²) < 4.78 is 21.9. The van der Waals surface area contributed by atoms with Crippen LogP contribution in [0.3, 0.4) is 0 Å². The van der Waals surface area contributed by atoms with Gasteiger partial charge in [-0.2, -0.15) is 5.10 Å². The van der Waals surface area contributed by atoms with E-state index in [9.17, 15) is 4.39 Å². The lowest BCUT2D eigenvalue weighted by Gasteiger charge is -2.13. The molecule has 1 aromatic carbocycles. The van der Waals surface area contributed by atoms with Crippen LogP contribution in [0.15, 0.2) is 42.7 Å². The second kappa shape index (κ2) is 6.84. The molecule has 4 aromatic rings. The molecule has 0 radical (unpaired) electrons. The number of rotatable bonds is 4. The summed E-state index contributed by atoms with van der Waals surface area (Å²) >= 11 is 0. The Hall–Kier alpha value is -3.48. The van der Waals surface area contributed by atoms with Crippen molar-refractivity contribution in [2.45, 2.75) is 19.9 Å². The number of benzene rings is 1. The maximum absolute atomic E-state index is 14.5. The Morgan fingerprint density at radius 3 is 2.97 bits per heavy atom. The first-order valence-corrected chi connectivity index (χ1v) is 9.53. The van der Waals surface area contributed by atoms with E-state index in [1.165, 1.54) is 6.07 Å². The van der Waals surface area contributed by atoms with Gasteiger partial charge in [-0.1, -0.05) is 0 Å². The van der Waals surface area contributed by atoms with E-state index in [2.05, 4.69) is 20.4 Å². The molecule has 5 rings (SSSR count). The zero-order valence-electron chi connectivity index (χ0n) is 16.2. The van der Waals surface area contributed by atoms with Crippen molar-refractivity contribution in [2.75, 3.05) is 11.9 Å². The normalized spacial score (nSPS) is 12.8. The minimum Gasteiger partial charge on any atom is -0.493 e. The van der Waals surface area contributed by atoms with Gasteiger partial charge in [0.05, 0.1) is 23.5 Å². The van der Waals surface area contributed by atoms with E-state index in [0.717, 1.165) is 45.6 Å². The maximum Gasteiger partial charge on any atom is 0.135 e. The standard InChI is InChI=1S/C22H20FN5O/c1-13-10-19(28(2)27-13)17-12-26-22(15-4-3-8-24-21(15)17)25-11-16-14-7-9-29-20(14)6-5-18(16)23/h3-6,8,10,12H,7,9,11H2,1-2H3,(H,25,26). The molecule has 0 atom stereocenters. The topological polar surface area (TPSA) is 64.9 Å². The van der Waals surface area contributed by atoms with E-state index >= 15 is 0 Å². The molecule has 1 aliphatic heterocycles. The molecule has 0 bridgehead atoms. The van der Waals surface area contributed by atoms with E-state index in [0.29, 0.717) is 24.5 Å². The van der Waals surface area contributed by atoms with Crippen molar-refractivity contribution in [1.82, 2.24) is 19.7 Å². The molecule has 4 heterocycles. The molecule has 0 spiro atoms. The van der Waals surface area contributed by atoms with Gasteiger partial charge >= 0.3 is 0 Å². The number of anilines is 1. The van der Waals surface area contributed by atoms with Crippen LogP contribution in [0.4, 0.5) is 10.2 Å². The van der Waals surface area contributed by atoms with Gasteiger partial charge in [-0.15, -0.1) is 0 Å². The molecule has 0 saturated carbocycles. The van der Waals surface area contributed by atoms with Crippen LogP contribution in [0.5, 0.6) is 5.75 Å². The average Bonchev–Trinajstić information content (AvgIpc) is 3.33. The lowest BCUT2D eigenvalue weighted by atomic mass is 10.0. The third-order valence-corrected chi connectivity index (χ3v) is 5.29. The number of nitrogens with one attached hydrogen (secondary N) is 1. The van der Waals surface area contributed by atoms with Crippen molar-refractivity contribution < 1.29 is 9.13 Å². The molecular formula is C22H20FN5O. The molecule has 0 fully saturated rings. The largest absolute Gasteiger partial charge is 0.493 e. The van der Waals surface area contributed by atoms with E-state index in [4.69, 9.17) is 4.74 Å². The van der Waals surface area contributed by atoms with E-state index in [1.54, 1.807) is 18.5 Å². The minimum absolute atomic E-state index is 0.230. The van der Waals surface area contributed by atoms with Crippen LogP contribution in [0.2, 0.25) is 0 Å². The predicted octanol–water partition coefficient (Wildman–Crippen LogP) is 4.02. The summed E-state index contributed by atoms with van der Waals surface area (Å²) in [6, 6.07) is 9.02. The second-order valence-corrected chi connectivity index (χ2v) is 7.17. The van der Waals surface area contributed by atoms with Crippen molar-refractivity contribution in [2.24, 2.45) is 7.05 Å². The molecule has 0 saturated heterocycles. The third-order valence-electron chi connectivity index (χ3n) is 5.29. The Morgan fingerprint density at radius 1 is 1.24 bits per heavy atom. The average molecular weight is 389 g/mol. The Morgan fingerprint density at radius 2 is 2.14 bits per heavy atom. The summed E-state index contributed by atoms with van der Waals surface area (Å²) in [5, 5.41) is 8.61. The summed E-state index contributed by atoms with van der Waals surface area (Å²) in [5.74, 6) is 1.21. The van der Waals surface area contributed by atoms with Crippen LogP contribution >= 0.6 is 0 Å². The number of aryl methyl sites for hydroxylation is 2. The molecule has 0 unspecified atom stereocenters. The van der Waals surface area contributed by atoms with E-state index in [-0.39, 0.29) is 5.82 Å². The molecule has 1 N–H and O–H groups in total. The Labute approximate surface area is 167 Å². The number of hydrogen-bond donors (Lipinski definition) is 1. The summed E-state index contributed by atoms with van der Waals surface area (Å²) in [6.07, 6.45) is 4.28. The van der Waals surface area contributed by atoms with Gasteiger partial charge < -0.3 is 10.1 Å². The highest BCUT2D eigenvalue weighted by Gasteiger charge is 2.20. The summed E-state index contributed by atoms with van der Waals surface area (Å²) in [4.78, 5) is 9.21. The number of aromatic nitrogens is 4. The molecule has 1 aliphatic rings. The van der Waals surface area contributed by atoms with Crippen LogP contribution < -0.4 is 10.1 Å². The van der Waals surface area contributed by atoms with Crippen molar-refractivity contribution in [3.05, 3.63) is 65.4 Å². The van der Waals surface area contributed by atoms with Gasteiger partial charge in [0, 0.05) is 54.5 Å². The first kappa shape index (κ1) is 17.6. The molecule has 6 nitrogen and oxygen atoms in total. The summed E-state index contributed by atoms with van der Waals surface area (Å²) in [7, 11) is 1.91. The maximum atomic E-state index is 14.5. The lowest BCUT2D eigenvalue weighted by Crippen LogP contribution is -2.07. The van der Waals surface area contributed by atoms with Crippen LogP contribution in [-0.2, 0) is 20.0 Å². The van der Waals surface area contributed by atoms with E-state index in [1.807, 2.05) is 36.9 Å². The van der Waals surface area contributed by atoms with Crippen LogP contribution in [0, 0.1) is 12.7 Å². The second-order valence-electron chi connectivity index (χ2n) is 7.17. The quantitative estimate of drug-likeness (QED) is 0.571. The van der Waals surface area contributed by atoms with Crippen LogP contribution in [0.1, 0.15) is 16.8 Å². The number of fused-ring (bicyclic) bond motifs is 2. The van der Waals surface area contributed by atoms with Crippen molar-refractivity contribution in [3.63, 3.8) is 0 Å². The number of halogens is 1. The monoisotopic (exact) mass is 389 g/mol. The van der Waals surface area contributed by atoms with Gasteiger partial charge in [-0.3, -0.25) is 9.67 Å². The third kappa shape index (κ3) is 2.99. The van der Waals surface area contributed by atoms with Gasteiger partial charge in [0.2, 0.25) is 0 Å². The fourth-order valence-corrected chi connectivity index (χ4v) is 3.94. The minimum atomic E-state index is -0.230. The molecule has 29 heavy (non-hydrogen) atoms. The zero-order chi connectivity index (χ0) is 20.0. The molecule has 7 heteroatoms. The van der Waals surface area contributed by atoms with Crippen molar-refractivity contribution in [1.29, 1.82) is 0 Å². The molecule has 3 aromatic heterocycles. The highest BCUT2D eigenvalue weighted by molar-refractivity contribution is 5.98. The molecular weight excluding hydrogens is 369 g/mol. The highest BCUT2D eigenvalue weighted by atomic mass is 19.1. The Kier molecular flexibility index (Phi) is 4.16. The fraction of sp³-hybridized carbons (Fsp3) is 0.227. The number of pyridine rings is 2. The molecule has 0 aliphatic carbocycles.